The third kappa shape index (κ3) is 8.01. The second-order valence-electron chi connectivity index (χ2n) is 1.98. The molecule has 56 valence electrons. The predicted octanol–water partition coefficient (Wildman–Crippen LogP) is 1.51. The van der Waals surface area contributed by atoms with Crippen molar-refractivity contribution in [2.75, 3.05) is 0 Å². The Hall–Kier alpha value is 0.00870. The van der Waals surface area contributed by atoms with Gasteiger partial charge in [-0.2, -0.15) is 0 Å². The van der Waals surface area contributed by atoms with E-state index in [0.717, 1.165) is 0 Å². The fourth-order valence-electron chi connectivity index (χ4n) is 0.492. The summed E-state index contributed by atoms with van der Waals surface area (Å²) in [6.45, 7) is 2.15. The van der Waals surface area contributed by atoms with Crippen LogP contribution in [0.1, 0.15) is 19.8 Å². The molecule has 0 aliphatic rings. The number of carboxylic acids is 1. The van der Waals surface area contributed by atoms with Crippen LogP contribution in [-0.4, -0.2) is 32.2 Å². The molecule has 0 saturated carbocycles. The van der Waals surface area contributed by atoms with E-state index in [9.17, 15) is 4.79 Å². The van der Waals surface area contributed by atoms with Gasteiger partial charge in [-0.3, -0.25) is 0 Å². The monoisotopic (exact) mass is 248 g/mol. The van der Waals surface area contributed by atoms with Gasteiger partial charge in [0.2, 0.25) is 0 Å². The Balaban J connectivity index is 3.10. The number of rotatable bonds is 5. The van der Waals surface area contributed by atoms with Gasteiger partial charge >= 0.3 is 71.4 Å². The van der Waals surface area contributed by atoms with Crippen LogP contribution in [0.5, 0.6) is 0 Å². The van der Waals surface area contributed by atoms with E-state index in [4.69, 9.17) is 5.11 Å². The van der Waals surface area contributed by atoms with Crippen molar-refractivity contribution in [3.63, 3.8) is 0 Å². The summed E-state index contributed by atoms with van der Waals surface area (Å²) < 4.78 is 3.14. The zero-order chi connectivity index (χ0) is 7.82. The number of hydrogen-bond acceptors (Lipinski definition) is 1. The number of carbonyl (C=O) groups is 1. The number of aliphatic carboxylic acids is 1. The first-order chi connectivity index (χ1) is 4.77. The molecule has 0 spiro atoms. The van der Waals surface area contributed by atoms with E-state index in [1.165, 1.54) is 23.4 Å². The number of carboxylic acid groups (broad SMARTS) is 1. The maximum absolute atomic E-state index is 9.97. The molecule has 0 amide bonds. The standard InChI is InChI=1S/C4H9.C3H3O2.Sn/c1-3-4-2;1-2-3(4)5;/h1,3-4H2,2H3;1-2H,(H,4,5);. The average Bonchev–Trinajstić information content (AvgIpc) is 1.87. The van der Waals surface area contributed by atoms with Gasteiger partial charge in [0.15, 0.2) is 0 Å². The van der Waals surface area contributed by atoms with E-state index in [2.05, 4.69) is 6.92 Å². The summed E-state index contributed by atoms with van der Waals surface area (Å²) in [7, 11) is 0. The molecule has 0 atom stereocenters. The molecule has 0 bridgehead atoms. The van der Waals surface area contributed by atoms with Crippen LogP contribution in [0, 0.1) is 0 Å². The molecule has 2 nitrogen and oxygen atoms in total. The summed E-state index contributed by atoms with van der Waals surface area (Å²) in [4.78, 5) is 9.97. The van der Waals surface area contributed by atoms with E-state index in [0.29, 0.717) is 0 Å². The summed E-state index contributed by atoms with van der Waals surface area (Å²) in [5.74, 6) is -0.808. The van der Waals surface area contributed by atoms with Crippen molar-refractivity contribution in [2.45, 2.75) is 24.2 Å². The van der Waals surface area contributed by atoms with Crippen molar-refractivity contribution in [2.24, 2.45) is 0 Å². The molecule has 0 aliphatic heterocycles. The van der Waals surface area contributed by atoms with Crippen LogP contribution >= 0.6 is 0 Å². The molecule has 0 saturated heterocycles. The fourth-order valence-corrected chi connectivity index (χ4v) is 3.30. The SMILES string of the molecule is CCC[CH2][Sn][CH]=CC(=O)O. The van der Waals surface area contributed by atoms with Gasteiger partial charge < -0.3 is 0 Å². The van der Waals surface area contributed by atoms with Crippen LogP contribution in [-0.2, 0) is 4.79 Å². The molecule has 0 heterocycles. The van der Waals surface area contributed by atoms with E-state index < -0.39 is 27.1 Å². The summed E-state index contributed by atoms with van der Waals surface area (Å²) in [5.41, 5.74) is 0. The number of unbranched alkanes of at least 4 members (excludes halogenated alkanes) is 1. The Bertz CT molecular complexity index is 121. The first-order valence-electron chi connectivity index (χ1n) is 3.40. The van der Waals surface area contributed by atoms with Crippen molar-refractivity contribution >= 4 is 27.1 Å². The van der Waals surface area contributed by atoms with E-state index in [-0.39, 0.29) is 0 Å². The molecular weight excluding hydrogens is 235 g/mol. The average molecular weight is 247 g/mol. The van der Waals surface area contributed by atoms with Crippen molar-refractivity contribution in [1.29, 1.82) is 0 Å². The van der Waals surface area contributed by atoms with Crippen LogP contribution in [0.3, 0.4) is 0 Å². The van der Waals surface area contributed by atoms with Crippen LogP contribution < -0.4 is 0 Å². The van der Waals surface area contributed by atoms with Crippen molar-refractivity contribution in [1.82, 2.24) is 0 Å². The van der Waals surface area contributed by atoms with Crippen LogP contribution in [0.4, 0.5) is 0 Å². The molecule has 0 aromatic rings. The van der Waals surface area contributed by atoms with Gasteiger partial charge in [-0.25, -0.2) is 0 Å². The van der Waals surface area contributed by atoms with Crippen LogP contribution in [0.2, 0.25) is 4.44 Å². The molecule has 0 aromatic carbocycles. The molecule has 2 radical (unpaired) electrons. The van der Waals surface area contributed by atoms with Crippen molar-refractivity contribution < 1.29 is 9.90 Å². The molecule has 0 fully saturated rings. The molecule has 1 N–H and O–H groups in total. The summed E-state index contributed by atoms with van der Waals surface area (Å²) >= 11 is -0.449. The number of hydrogen-bond donors (Lipinski definition) is 1. The molecule has 0 rings (SSSR count). The van der Waals surface area contributed by atoms with Gasteiger partial charge in [-0.15, -0.1) is 0 Å². The molecule has 0 unspecified atom stereocenters. The minimum absolute atomic E-state index is 0.449. The van der Waals surface area contributed by atoms with Gasteiger partial charge in [0.25, 0.3) is 0 Å². The second kappa shape index (κ2) is 7.12. The van der Waals surface area contributed by atoms with E-state index in [1.54, 1.807) is 0 Å². The van der Waals surface area contributed by atoms with Crippen molar-refractivity contribution in [3.8, 4) is 0 Å². The first kappa shape index (κ1) is 10.0. The molecule has 0 aliphatic carbocycles. The second-order valence-corrected chi connectivity index (χ2v) is 5.52. The Morgan fingerprint density at radius 1 is 1.70 bits per heavy atom. The van der Waals surface area contributed by atoms with Crippen LogP contribution in [0.15, 0.2) is 10.2 Å². The van der Waals surface area contributed by atoms with Crippen molar-refractivity contribution in [3.05, 3.63) is 10.2 Å². The quantitative estimate of drug-likeness (QED) is 0.454. The zero-order valence-corrected chi connectivity index (χ0v) is 8.99. The maximum atomic E-state index is 9.97. The van der Waals surface area contributed by atoms with Gasteiger partial charge in [0.05, 0.1) is 0 Å². The predicted molar refractivity (Wildman–Crippen MR) is 42.2 cm³/mol. The summed E-state index contributed by atoms with van der Waals surface area (Å²) in [5, 5.41) is 8.21. The zero-order valence-electron chi connectivity index (χ0n) is 6.13. The van der Waals surface area contributed by atoms with E-state index >= 15 is 0 Å². The normalized spacial score (nSPS) is 10.5. The molecular formula is C7H12O2Sn. The first-order valence-corrected chi connectivity index (χ1v) is 7.07. The Morgan fingerprint density at radius 3 is 2.90 bits per heavy atom. The molecule has 0 aromatic heterocycles. The third-order valence-electron chi connectivity index (χ3n) is 1.02. The van der Waals surface area contributed by atoms with Gasteiger partial charge in [-0.1, -0.05) is 0 Å². The molecule has 10 heavy (non-hydrogen) atoms. The topological polar surface area (TPSA) is 37.3 Å². The van der Waals surface area contributed by atoms with E-state index in [1.807, 2.05) is 4.09 Å². The van der Waals surface area contributed by atoms with Gasteiger partial charge in [0.1, 0.15) is 0 Å². The molecule has 3 heteroatoms. The van der Waals surface area contributed by atoms with Gasteiger partial charge in [-0.05, 0) is 0 Å². The van der Waals surface area contributed by atoms with Crippen LogP contribution in [0.25, 0.3) is 0 Å². The minimum atomic E-state index is -0.808. The Labute approximate surface area is 71.5 Å². The van der Waals surface area contributed by atoms with Gasteiger partial charge in [0, 0.05) is 0 Å². The Kier molecular flexibility index (Phi) is 7.13. The summed E-state index contributed by atoms with van der Waals surface area (Å²) in [6.07, 6.45) is 3.76. The third-order valence-corrected chi connectivity index (χ3v) is 4.00. The Morgan fingerprint density at radius 2 is 2.40 bits per heavy atom. The summed E-state index contributed by atoms with van der Waals surface area (Å²) in [6, 6.07) is 0. The fraction of sp³-hybridized carbons (Fsp3) is 0.571.